The number of aromatic nitrogens is 3. The lowest BCUT2D eigenvalue weighted by Crippen LogP contribution is -2.37. The van der Waals surface area contributed by atoms with Gasteiger partial charge in [0.1, 0.15) is 11.9 Å². The molecule has 2 aromatic heterocycles. The summed E-state index contributed by atoms with van der Waals surface area (Å²) in [4.78, 5) is 28.5. The Balaban J connectivity index is 1.67. The monoisotopic (exact) mass is 466 g/mol. The standard InChI is InChI=1S/C26H34N4O4/c1-4-21(26(32)33)27-10-7-18-5-6-23-22(14-18)28-24(20-13-17(2)25(31)29(3)16-20)30(23)15-19-8-11-34-12-9-19/h5-6,13-14,16,19,21,27H,4,7-12,15H2,1-3H3,(H,32,33). The molecule has 2 N–H and O–H groups in total. The van der Waals surface area contributed by atoms with Crippen molar-refractivity contribution in [1.82, 2.24) is 19.4 Å². The van der Waals surface area contributed by atoms with Gasteiger partial charge in [0.15, 0.2) is 0 Å². The van der Waals surface area contributed by atoms with Crippen LogP contribution in [-0.2, 0) is 29.5 Å². The molecule has 4 rings (SSSR count). The van der Waals surface area contributed by atoms with Crippen molar-refractivity contribution in [2.45, 2.75) is 52.1 Å². The average Bonchev–Trinajstić information content (AvgIpc) is 3.18. The zero-order chi connectivity index (χ0) is 24.2. The van der Waals surface area contributed by atoms with Gasteiger partial charge < -0.3 is 24.3 Å². The van der Waals surface area contributed by atoms with Gasteiger partial charge in [-0.3, -0.25) is 9.59 Å². The van der Waals surface area contributed by atoms with E-state index >= 15 is 0 Å². The second-order valence-corrected chi connectivity index (χ2v) is 9.26. The topological polar surface area (TPSA) is 98.4 Å². The second kappa shape index (κ2) is 10.5. The van der Waals surface area contributed by atoms with Crippen molar-refractivity contribution < 1.29 is 14.6 Å². The molecule has 3 aromatic rings. The van der Waals surface area contributed by atoms with E-state index in [2.05, 4.69) is 28.1 Å². The number of rotatable bonds is 9. The van der Waals surface area contributed by atoms with Crippen molar-refractivity contribution in [3.63, 3.8) is 0 Å². The van der Waals surface area contributed by atoms with Gasteiger partial charge in [0, 0.05) is 44.1 Å². The third kappa shape index (κ3) is 5.23. The van der Waals surface area contributed by atoms with Crippen molar-refractivity contribution in [3.8, 4) is 11.4 Å². The summed E-state index contributed by atoms with van der Waals surface area (Å²) in [6, 6.07) is 7.71. The van der Waals surface area contributed by atoms with Gasteiger partial charge >= 0.3 is 5.97 Å². The van der Waals surface area contributed by atoms with Crippen LogP contribution >= 0.6 is 0 Å². The van der Waals surface area contributed by atoms with Crippen LogP contribution in [0, 0.1) is 12.8 Å². The van der Waals surface area contributed by atoms with Crippen LogP contribution in [-0.4, -0.2) is 51.0 Å². The number of nitrogens with zero attached hydrogens (tertiary/aromatic N) is 3. The highest BCUT2D eigenvalue weighted by Crippen LogP contribution is 2.29. The van der Waals surface area contributed by atoms with Gasteiger partial charge in [0.25, 0.3) is 5.56 Å². The van der Waals surface area contributed by atoms with Crippen molar-refractivity contribution in [2.75, 3.05) is 19.8 Å². The summed E-state index contributed by atoms with van der Waals surface area (Å²) in [7, 11) is 1.77. The van der Waals surface area contributed by atoms with E-state index in [1.165, 1.54) is 0 Å². The van der Waals surface area contributed by atoms with Crippen molar-refractivity contribution in [3.05, 3.63) is 51.9 Å². The number of carbonyl (C=O) groups is 1. The molecule has 8 nitrogen and oxygen atoms in total. The number of benzene rings is 1. The minimum atomic E-state index is -0.818. The predicted octanol–water partition coefficient (Wildman–Crippen LogP) is 3.13. The molecule has 0 saturated carbocycles. The van der Waals surface area contributed by atoms with Crippen LogP contribution in [0.15, 0.2) is 35.3 Å². The molecule has 0 spiro atoms. The molecule has 0 bridgehead atoms. The molecule has 1 aromatic carbocycles. The van der Waals surface area contributed by atoms with Crippen molar-refractivity contribution in [2.24, 2.45) is 13.0 Å². The number of aryl methyl sites for hydroxylation is 2. The highest BCUT2D eigenvalue weighted by Gasteiger charge is 2.20. The molecule has 1 fully saturated rings. The Morgan fingerprint density at radius 1 is 1.29 bits per heavy atom. The number of carboxylic acids is 1. The van der Waals surface area contributed by atoms with Gasteiger partial charge in [-0.25, -0.2) is 4.98 Å². The Kier molecular flexibility index (Phi) is 7.48. The number of hydrogen-bond acceptors (Lipinski definition) is 5. The molecule has 1 unspecified atom stereocenters. The van der Waals surface area contributed by atoms with Gasteiger partial charge in [-0.1, -0.05) is 13.0 Å². The number of nitrogens with one attached hydrogen (secondary N) is 1. The quantitative estimate of drug-likeness (QED) is 0.503. The smallest absolute Gasteiger partial charge is 0.320 e. The lowest BCUT2D eigenvalue weighted by Gasteiger charge is -2.23. The molecule has 0 radical (unpaired) electrons. The SMILES string of the molecule is CCC(NCCc1ccc2c(c1)nc(-c1cc(C)c(=O)n(C)c1)n2CC1CCOCC1)C(=O)O. The fraction of sp³-hybridized carbons (Fsp3) is 0.500. The van der Waals surface area contributed by atoms with Gasteiger partial charge in [-0.05, 0) is 68.8 Å². The fourth-order valence-electron chi connectivity index (χ4n) is 4.72. The summed E-state index contributed by atoms with van der Waals surface area (Å²) in [6.45, 7) is 6.73. The molecule has 1 saturated heterocycles. The molecule has 1 atom stereocenters. The lowest BCUT2D eigenvalue weighted by atomic mass is 10.00. The maximum atomic E-state index is 12.3. The molecular formula is C26H34N4O4. The van der Waals surface area contributed by atoms with E-state index in [-0.39, 0.29) is 5.56 Å². The number of ether oxygens (including phenoxy) is 1. The van der Waals surface area contributed by atoms with Crippen LogP contribution in [0.4, 0.5) is 0 Å². The first-order valence-corrected chi connectivity index (χ1v) is 12.1. The first-order chi connectivity index (χ1) is 16.4. The summed E-state index contributed by atoms with van der Waals surface area (Å²) >= 11 is 0. The average molecular weight is 467 g/mol. The van der Waals surface area contributed by atoms with Crippen LogP contribution in [0.5, 0.6) is 0 Å². The highest BCUT2D eigenvalue weighted by molar-refractivity contribution is 5.81. The van der Waals surface area contributed by atoms with E-state index in [0.717, 1.165) is 67.0 Å². The Morgan fingerprint density at radius 3 is 2.74 bits per heavy atom. The van der Waals surface area contributed by atoms with Crippen LogP contribution in [0.1, 0.15) is 37.3 Å². The van der Waals surface area contributed by atoms with Gasteiger partial charge in [-0.2, -0.15) is 0 Å². The number of pyridine rings is 1. The summed E-state index contributed by atoms with van der Waals surface area (Å²) in [5.41, 5.74) is 4.72. The van der Waals surface area contributed by atoms with E-state index in [0.29, 0.717) is 24.4 Å². The number of fused-ring (bicyclic) bond motifs is 1. The van der Waals surface area contributed by atoms with E-state index in [1.807, 2.05) is 26.1 Å². The first-order valence-electron chi connectivity index (χ1n) is 12.1. The molecule has 182 valence electrons. The Labute approximate surface area is 199 Å². The highest BCUT2D eigenvalue weighted by atomic mass is 16.5. The Morgan fingerprint density at radius 2 is 2.06 bits per heavy atom. The summed E-state index contributed by atoms with van der Waals surface area (Å²) in [5.74, 6) is 0.568. The van der Waals surface area contributed by atoms with Gasteiger partial charge in [0.05, 0.1) is 11.0 Å². The van der Waals surface area contributed by atoms with E-state index < -0.39 is 12.0 Å². The maximum absolute atomic E-state index is 12.3. The van der Waals surface area contributed by atoms with Crippen LogP contribution in [0.3, 0.4) is 0 Å². The molecule has 8 heteroatoms. The molecular weight excluding hydrogens is 432 g/mol. The number of imidazole rings is 1. The summed E-state index contributed by atoms with van der Waals surface area (Å²) < 4.78 is 9.45. The predicted molar refractivity (Wildman–Crippen MR) is 132 cm³/mol. The maximum Gasteiger partial charge on any atom is 0.320 e. The van der Waals surface area contributed by atoms with Crippen LogP contribution in [0.2, 0.25) is 0 Å². The normalized spacial score (nSPS) is 15.6. The van der Waals surface area contributed by atoms with Crippen LogP contribution < -0.4 is 10.9 Å². The van der Waals surface area contributed by atoms with E-state index in [4.69, 9.17) is 9.72 Å². The summed E-state index contributed by atoms with van der Waals surface area (Å²) in [6.07, 6.45) is 5.18. The molecule has 0 aliphatic carbocycles. The van der Waals surface area contributed by atoms with Crippen LogP contribution in [0.25, 0.3) is 22.4 Å². The number of hydrogen-bond donors (Lipinski definition) is 2. The largest absolute Gasteiger partial charge is 0.480 e. The Bertz CT molecular complexity index is 1200. The van der Waals surface area contributed by atoms with Crippen molar-refractivity contribution in [1.29, 1.82) is 0 Å². The molecule has 1 aliphatic rings. The van der Waals surface area contributed by atoms with Gasteiger partial charge in [0.2, 0.25) is 0 Å². The molecule has 1 aliphatic heterocycles. The fourth-order valence-corrected chi connectivity index (χ4v) is 4.72. The number of aliphatic carboxylic acids is 1. The first kappa shape index (κ1) is 24.2. The van der Waals surface area contributed by atoms with E-state index in [1.54, 1.807) is 11.6 Å². The minimum absolute atomic E-state index is 0.00243. The zero-order valence-corrected chi connectivity index (χ0v) is 20.2. The zero-order valence-electron chi connectivity index (χ0n) is 20.2. The third-order valence-electron chi connectivity index (χ3n) is 6.73. The summed E-state index contributed by atoms with van der Waals surface area (Å²) in [5, 5.41) is 12.4. The lowest BCUT2D eigenvalue weighted by molar-refractivity contribution is -0.139. The number of carboxylic acid groups (broad SMARTS) is 1. The Hall–Kier alpha value is -2.97. The molecule has 34 heavy (non-hydrogen) atoms. The van der Waals surface area contributed by atoms with Gasteiger partial charge in [-0.15, -0.1) is 0 Å². The second-order valence-electron chi connectivity index (χ2n) is 9.26. The van der Waals surface area contributed by atoms with E-state index in [9.17, 15) is 14.7 Å². The minimum Gasteiger partial charge on any atom is -0.480 e. The van der Waals surface area contributed by atoms with Crippen molar-refractivity contribution >= 4 is 17.0 Å². The third-order valence-corrected chi connectivity index (χ3v) is 6.73. The molecule has 3 heterocycles. The molecule has 0 amide bonds.